The predicted molar refractivity (Wildman–Crippen MR) is 149 cm³/mol. The number of unbranched alkanes of at least 4 members (excludes halogenated alkanes) is 1. The van der Waals surface area contributed by atoms with Crippen molar-refractivity contribution in [3.05, 3.63) is 36.0 Å². The predicted octanol–water partition coefficient (Wildman–Crippen LogP) is -2.15. The number of hydrogen-bond acceptors (Lipinski definition) is 8. The number of nitrogens with one attached hydrogen (secondary N) is 4. The summed E-state index contributed by atoms with van der Waals surface area (Å²) in [6.45, 7) is 0.329. The molecule has 2 aromatic rings. The molecule has 0 fully saturated rings. The van der Waals surface area contributed by atoms with Gasteiger partial charge in [-0.15, -0.1) is 0 Å². The largest absolute Gasteiger partial charge is 0.480 e. The third kappa shape index (κ3) is 10.5. The maximum absolute atomic E-state index is 13.3. The quantitative estimate of drug-likeness (QED) is 0.0876. The van der Waals surface area contributed by atoms with Gasteiger partial charge in [0.2, 0.25) is 29.5 Å². The zero-order valence-electron chi connectivity index (χ0n) is 22.6. The van der Waals surface area contributed by atoms with Crippen molar-refractivity contribution in [1.82, 2.24) is 20.9 Å². The molecule has 4 atom stereocenters. The first-order valence-electron chi connectivity index (χ1n) is 13.1. The smallest absolute Gasteiger partial charge is 0.326 e. The second kappa shape index (κ2) is 15.9. The molecular weight excluding hydrogens is 536 g/mol. The topological polar surface area (TPSA) is 279 Å². The molecular formula is C26H38N8O7. The van der Waals surface area contributed by atoms with Crippen molar-refractivity contribution in [1.29, 1.82) is 0 Å². The van der Waals surface area contributed by atoms with Gasteiger partial charge in [0, 0.05) is 29.9 Å². The number of carboxylic acids is 1. The summed E-state index contributed by atoms with van der Waals surface area (Å²) in [4.78, 5) is 76.4. The number of aromatic amines is 1. The molecule has 0 saturated carbocycles. The molecule has 13 N–H and O–H groups in total. The minimum atomic E-state index is -1.35. The normalized spacial score (nSPS) is 13.9. The average Bonchev–Trinajstić information content (AvgIpc) is 3.32. The molecule has 1 aromatic carbocycles. The Labute approximate surface area is 236 Å². The number of primary amides is 2. The van der Waals surface area contributed by atoms with Crippen LogP contribution < -0.4 is 38.9 Å². The highest BCUT2D eigenvalue weighted by molar-refractivity contribution is 5.95. The van der Waals surface area contributed by atoms with Crippen LogP contribution in [0.25, 0.3) is 10.9 Å². The lowest BCUT2D eigenvalue weighted by Crippen LogP contribution is -2.57. The summed E-state index contributed by atoms with van der Waals surface area (Å²) in [5.41, 5.74) is 23.0. The second-order valence-corrected chi connectivity index (χ2v) is 9.65. The number of carbonyl (C=O) groups is 6. The minimum absolute atomic E-state index is 0.0242. The summed E-state index contributed by atoms with van der Waals surface area (Å²) < 4.78 is 0. The van der Waals surface area contributed by atoms with Crippen molar-refractivity contribution in [2.45, 2.75) is 69.1 Å². The molecule has 4 unspecified atom stereocenters. The van der Waals surface area contributed by atoms with Crippen molar-refractivity contribution in [3.63, 3.8) is 0 Å². The van der Waals surface area contributed by atoms with Gasteiger partial charge >= 0.3 is 5.97 Å². The molecule has 0 radical (unpaired) electrons. The summed E-state index contributed by atoms with van der Waals surface area (Å²) in [6, 6.07) is 2.13. The van der Waals surface area contributed by atoms with Gasteiger partial charge in [-0.3, -0.25) is 24.0 Å². The second-order valence-electron chi connectivity index (χ2n) is 9.65. The molecule has 0 aliphatic heterocycles. The van der Waals surface area contributed by atoms with Gasteiger partial charge in [-0.05, 0) is 43.9 Å². The SMILES string of the molecule is NCCCCC(NC(=O)C(CCC(N)=O)NC(=O)C(N)CC(N)=O)C(=O)NC(Cc1c[nH]c2ccccc12)C(=O)O. The van der Waals surface area contributed by atoms with Crippen LogP contribution in [0.3, 0.4) is 0 Å². The van der Waals surface area contributed by atoms with E-state index in [1.807, 2.05) is 24.3 Å². The molecule has 0 bridgehead atoms. The van der Waals surface area contributed by atoms with Crippen molar-refractivity contribution < 1.29 is 33.9 Å². The Bertz CT molecular complexity index is 1250. The molecule has 224 valence electrons. The molecule has 41 heavy (non-hydrogen) atoms. The van der Waals surface area contributed by atoms with Crippen molar-refractivity contribution in [2.24, 2.45) is 22.9 Å². The number of aromatic nitrogens is 1. The van der Waals surface area contributed by atoms with E-state index in [1.165, 1.54) is 0 Å². The minimum Gasteiger partial charge on any atom is -0.480 e. The summed E-state index contributed by atoms with van der Waals surface area (Å²) >= 11 is 0. The lowest BCUT2D eigenvalue weighted by molar-refractivity contribution is -0.142. The van der Waals surface area contributed by atoms with E-state index in [9.17, 15) is 33.9 Å². The fourth-order valence-electron chi connectivity index (χ4n) is 4.17. The number of hydrogen-bond donors (Lipinski definition) is 9. The van der Waals surface area contributed by atoms with Crippen LogP contribution in [-0.2, 0) is 35.2 Å². The van der Waals surface area contributed by atoms with Gasteiger partial charge in [0.1, 0.15) is 18.1 Å². The maximum atomic E-state index is 13.3. The first-order chi connectivity index (χ1) is 19.4. The Balaban J connectivity index is 2.20. The monoisotopic (exact) mass is 574 g/mol. The van der Waals surface area contributed by atoms with Gasteiger partial charge in [0.05, 0.1) is 12.5 Å². The summed E-state index contributed by atoms with van der Waals surface area (Å²) in [6.07, 6.45) is 1.74. The standard InChI is InChI=1S/C26H38N8O7/c27-10-4-3-7-18(33-25(39)19(8-9-21(29)35)32-23(37)16(28)12-22(30)36)24(38)34-20(26(40)41)11-14-13-31-17-6-2-1-5-15(14)17/h1-2,5-6,13,16,18-20,31H,3-4,7-12,27-28H2,(H2,29,35)(H2,30,36)(H,32,37)(H,33,39)(H,34,38)(H,40,41). The van der Waals surface area contributed by atoms with Gasteiger partial charge in [-0.25, -0.2) is 4.79 Å². The van der Waals surface area contributed by atoms with E-state index >= 15 is 0 Å². The van der Waals surface area contributed by atoms with Crippen LogP contribution in [0.4, 0.5) is 0 Å². The molecule has 0 aliphatic rings. The van der Waals surface area contributed by atoms with Crippen LogP contribution in [0.2, 0.25) is 0 Å². The molecule has 5 amide bonds. The summed E-state index contributed by atoms with van der Waals surface area (Å²) in [5.74, 6) is -5.30. The number of carbonyl (C=O) groups excluding carboxylic acids is 5. The number of amides is 5. The van der Waals surface area contributed by atoms with E-state index in [0.717, 1.165) is 10.9 Å². The van der Waals surface area contributed by atoms with Crippen LogP contribution in [-0.4, -0.2) is 76.3 Å². The Morgan fingerprint density at radius 1 is 0.829 bits per heavy atom. The number of benzene rings is 1. The van der Waals surface area contributed by atoms with E-state index < -0.39 is 66.1 Å². The highest BCUT2D eigenvalue weighted by Crippen LogP contribution is 2.19. The highest BCUT2D eigenvalue weighted by atomic mass is 16.4. The number of fused-ring (bicyclic) bond motifs is 1. The molecule has 0 aliphatic carbocycles. The first-order valence-corrected chi connectivity index (χ1v) is 13.1. The fourth-order valence-corrected chi connectivity index (χ4v) is 4.17. The lowest BCUT2D eigenvalue weighted by Gasteiger charge is -2.25. The molecule has 1 aromatic heterocycles. The highest BCUT2D eigenvalue weighted by Gasteiger charge is 2.31. The van der Waals surface area contributed by atoms with Gasteiger partial charge in [0.25, 0.3) is 0 Å². The average molecular weight is 575 g/mol. The molecule has 0 saturated heterocycles. The van der Waals surface area contributed by atoms with Gasteiger partial charge in [-0.2, -0.15) is 0 Å². The van der Waals surface area contributed by atoms with Gasteiger partial charge in [-0.1, -0.05) is 18.2 Å². The van der Waals surface area contributed by atoms with E-state index in [4.69, 9.17) is 22.9 Å². The number of nitrogens with two attached hydrogens (primary N) is 4. The Hall–Kier alpha value is -4.50. The Kier molecular flexibility index (Phi) is 12.7. The van der Waals surface area contributed by atoms with Crippen LogP contribution >= 0.6 is 0 Å². The van der Waals surface area contributed by atoms with Crippen LogP contribution in [0, 0.1) is 0 Å². The fraction of sp³-hybridized carbons (Fsp3) is 0.462. The summed E-state index contributed by atoms with van der Waals surface area (Å²) in [5, 5.41) is 18.0. The molecule has 1 heterocycles. The number of para-hydroxylation sites is 1. The number of rotatable bonds is 18. The number of carboxylic acid groups (broad SMARTS) is 1. The molecule has 15 nitrogen and oxygen atoms in total. The molecule has 0 spiro atoms. The van der Waals surface area contributed by atoms with Crippen LogP contribution in [0.5, 0.6) is 0 Å². The van der Waals surface area contributed by atoms with E-state index in [1.54, 1.807) is 6.20 Å². The lowest BCUT2D eigenvalue weighted by atomic mass is 10.0. The van der Waals surface area contributed by atoms with Gasteiger partial charge in [0.15, 0.2) is 0 Å². The number of H-pyrrole nitrogens is 1. The number of aliphatic carboxylic acids is 1. The zero-order chi connectivity index (χ0) is 30.5. The van der Waals surface area contributed by atoms with Crippen LogP contribution in [0.1, 0.15) is 44.1 Å². The first kappa shape index (κ1) is 32.7. The Morgan fingerprint density at radius 2 is 1.44 bits per heavy atom. The van der Waals surface area contributed by atoms with E-state index in [-0.39, 0.29) is 25.7 Å². The van der Waals surface area contributed by atoms with E-state index in [0.29, 0.717) is 24.9 Å². The molecule has 15 heteroatoms. The van der Waals surface area contributed by atoms with Crippen LogP contribution in [0.15, 0.2) is 30.5 Å². The van der Waals surface area contributed by atoms with Crippen molar-refractivity contribution in [3.8, 4) is 0 Å². The third-order valence-electron chi connectivity index (χ3n) is 6.36. The van der Waals surface area contributed by atoms with Gasteiger partial charge < -0.3 is 49.0 Å². The van der Waals surface area contributed by atoms with E-state index in [2.05, 4.69) is 20.9 Å². The van der Waals surface area contributed by atoms with Crippen molar-refractivity contribution in [2.75, 3.05) is 6.54 Å². The van der Waals surface area contributed by atoms with Crippen molar-refractivity contribution >= 4 is 46.4 Å². The summed E-state index contributed by atoms with van der Waals surface area (Å²) in [7, 11) is 0. The Morgan fingerprint density at radius 3 is 2.05 bits per heavy atom. The molecule has 2 rings (SSSR count). The zero-order valence-corrected chi connectivity index (χ0v) is 22.6. The third-order valence-corrected chi connectivity index (χ3v) is 6.36. The maximum Gasteiger partial charge on any atom is 0.326 e.